The normalized spacial score (nSPS) is 12.6. The summed E-state index contributed by atoms with van der Waals surface area (Å²) >= 11 is 0. The molecule has 0 fully saturated rings. The minimum Gasteiger partial charge on any atom is -0.504 e. The van der Waals surface area contributed by atoms with E-state index < -0.39 is 0 Å². The Balaban J connectivity index is 2.56. The fourth-order valence-electron chi connectivity index (χ4n) is 1.58. The van der Waals surface area contributed by atoms with Crippen LogP contribution in [0.4, 0.5) is 0 Å². The zero-order valence-electron chi connectivity index (χ0n) is 9.48. The highest BCUT2D eigenvalue weighted by Crippen LogP contribution is 2.27. The van der Waals surface area contributed by atoms with E-state index >= 15 is 0 Å². The molecule has 0 radical (unpaired) electrons. The van der Waals surface area contributed by atoms with E-state index in [2.05, 4.69) is 5.32 Å². The summed E-state index contributed by atoms with van der Waals surface area (Å²) in [5, 5.41) is 30.9. The van der Waals surface area contributed by atoms with Crippen LogP contribution in [-0.4, -0.2) is 28.0 Å². The Bertz CT molecular complexity index is 328. The van der Waals surface area contributed by atoms with Crippen molar-refractivity contribution < 1.29 is 15.3 Å². The fourth-order valence-corrected chi connectivity index (χ4v) is 1.58. The van der Waals surface area contributed by atoms with Gasteiger partial charge in [0.05, 0.1) is 0 Å². The average molecular weight is 225 g/mol. The zero-order valence-corrected chi connectivity index (χ0v) is 9.48. The molecule has 4 nitrogen and oxygen atoms in total. The van der Waals surface area contributed by atoms with Crippen LogP contribution in [0, 0.1) is 0 Å². The molecule has 1 rings (SSSR count). The number of aromatic hydroxyl groups is 2. The van der Waals surface area contributed by atoms with Crippen molar-refractivity contribution in [3.05, 3.63) is 23.8 Å². The molecule has 0 aliphatic carbocycles. The number of rotatable bonds is 6. The van der Waals surface area contributed by atoms with Gasteiger partial charge in [0.15, 0.2) is 11.5 Å². The maximum atomic E-state index is 9.57. The number of phenolic OH excluding ortho intramolecular Hbond substituents is 2. The summed E-state index contributed by atoms with van der Waals surface area (Å²) in [7, 11) is 0. The molecule has 4 heteroatoms. The summed E-state index contributed by atoms with van der Waals surface area (Å²) in [4.78, 5) is 0. The van der Waals surface area contributed by atoms with Crippen molar-refractivity contribution in [2.45, 2.75) is 32.4 Å². The molecule has 1 aromatic carbocycles. The second kappa shape index (κ2) is 6.35. The van der Waals surface area contributed by atoms with E-state index in [0.717, 1.165) is 6.42 Å². The van der Waals surface area contributed by atoms with Crippen LogP contribution in [-0.2, 0) is 6.54 Å². The standard InChI is InChI=1S/C12H19NO3/c1-2-10(6-7-14)13-8-9-4-3-5-11(15)12(9)16/h3-5,10,13-16H,2,6-8H2,1H3. The molecule has 0 aliphatic rings. The van der Waals surface area contributed by atoms with Crippen molar-refractivity contribution in [1.29, 1.82) is 0 Å². The van der Waals surface area contributed by atoms with Crippen molar-refractivity contribution in [1.82, 2.24) is 5.32 Å². The quantitative estimate of drug-likeness (QED) is 0.551. The molecular weight excluding hydrogens is 206 g/mol. The maximum Gasteiger partial charge on any atom is 0.161 e. The van der Waals surface area contributed by atoms with Gasteiger partial charge < -0.3 is 20.6 Å². The molecular formula is C12H19NO3. The van der Waals surface area contributed by atoms with E-state index in [1.807, 2.05) is 6.92 Å². The highest BCUT2D eigenvalue weighted by atomic mass is 16.3. The third-order valence-corrected chi connectivity index (χ3v) is 2.65. The van der Waals surface area contributed by atoms with Gasteiger partial charge in [-0.3, -0.25) is 0 Å². The number of hydrogen-bond donors (Lipinski definition) is 4. The number of aliphatic hydroxyl groups excluding tert-OH is 1. The van der Waals surface area contributed by atoms with Gasteiger partial charge in [-0.25, -0.2) is 0 Å². The summed E-state index contributed by atoms with van der Waals surface area (Å²) in [5.41, 5.74) is 0.663. The summed E-state index contributed by atoms with van der Waals surface area (Å²) in [5.74, 6) is -0.177. The molecule has 1 unspecified atom stereocenters. The minimum absolute atomic E-state index is 0.0751. The predicted molar refractivity (Wildman–Crippen MR) is 62.4 cm³/mol. The molecule has 1 aromatic rings. The van der Waals surface area contributed by atoms with Crippen LogP contribution < -0.4 is 5.32 Å². The highest BCUT2D eigenvalue weighted by molar-refractivity contribution is 5.44. The number of para-hydroxylation sites is 1. The summed E-state index contributed by atoms with van der Waals surface area (Å²) in [6.07, 6.45) is 1.61. The first-order valence-electron chi connectivity index (χ1n) is 5.53. The van der Waals surface area contributed by atoms with Gasteiger partial charge in [0, 0.05) is 24.8 Å². The Morgan fingerprint density at radius 2 is 2.06 bits per heavy atom. The molecule has 0 saturated carbocycles. The Morgan fingerprint density at radius 1 is 1.31 bits per heavy atom. The van der Waals surface area contributed by atoms with Gasteiger partial charge in [-0.1, -0.05) is 19.1 Å². The van der Waals surface area contributed by atoms with E-state index in [-0.39, 0.29) is 24.1 Å². The smallest absolute Gasteiger partial charge is 0.161 e. The van der Waals surface area contributed by atoms with Gasteiger partial charge >= 0.3 is 0 Å². The van der Waals surface area contributed by atoms with Gasteiger partial charge in [0.1, 0.15) is 0 Å². The Hall–Kier alpha value is -1.26. The van der Waals surface area contributed by atoms with E-state index in [0.29, 0.717) is 18.5 Å². The Morgan fingerprint density at radius 3 is 2.69 bits per heavy atom. The van der Waals surface area contributed by atoms with E-state index in [1.54, 1.807) is 12.1 Å². The fraction of sp³-hybridized carbons (Fsp3) is 0.500. The van der Waals surface area contributed by atoms with Crippen LogP contribution in [0.1, 0.15) is 25.3 Å². The lowest BCUT2D eigenvalue weighted by Gasteiger charge is -2.16. The molecule has 0 heterocycles. The molecule has 0 amide bonds. The van der Waals surface area contributed by atoms with Crippen molar-refractivity contribution in [3.63, 3.8) is 0 Å². The molecule has 16 heavy (non-hydrogen) atoms. The molecule has 0 aliphatic heterocycles. The Labute approximate surface area is 95.6 Å². The van der Waals surface area contributed by atoms with Gasteiger partial charge in [0.2, 0.25) is 0 Å². The van der Waals surface area contributed by atoms with Crippen molar-refractivity contribution in [2.75, 3.05) is 6.61 Å². The van der Waals surface area contributed by atoms with Crippen LogP contribution in [0.25, 0.3) is 0 Å². The average Bonchev–Trinajstić information content (AvgIpc) is 2.29. The molecule has 0 saturated heterocycles. The van der Waals surface area contributed by atoms with Crippen molar-refractivity contribution >= 4 is 0 Å². The van der Waals surface area contributed by atoms with E-state index in [4.69, 9.17) is 5.11 Å². The molecule has 4 N–H and O–H groups in total. The third kappa shape index (κ3) is 3.40. The topological polar surface area (TPSA) is 72.7 Å². The molecule has 0 bridgehead atoms. The predicted octanol–water partition coefficient (Wildman–Crippen LogP) is 1.35. The minimum atomic E-state index is -0.102. The molecule has 0 spiro atoms. The van der Waals surface area contributed by atoms with Gasteiger partial charge in [-0.15, -0.1) is 0 Å². The second-order valence-corrected chi connectivity index (χ2v) is 3.78. The van der Waals surface area contributed by atoms with Crippen LogP contribution in [0.5, 0.6) is 11.5 Å². The number of aliphatic hydroxyl groups is 1. The van der Waals surface area contributed by atoms with Crippen LogP contribution >= 0.6 is 0 Å². The highest BCUT2D eigenvalue weighted by Gasteiger charge is 2.08. The first-order valence-corrected chi connectivity index (χ1v) is 5.53. The lowest BCUT2D eigenvalue weighted by molar-refractivity contribution is 0.261. The third-order valence-electron chi connectivity index (χ3n) is 2.65. The largest absolute Gasteiger partial charge is 0.504 e. The van der Waals surface area contributed by atoms with Gasteiger partial charge in [-0.05, 0) is 18.9 Å². The number of nitrogens with one attached hydrogen (secondary N) is 1. The van der Waals surface area contributed by atoms with E-state index in [9.17, 15) is 10.2 Å². The molecule has 0 aromatic heterocycles. The SMILES string of the molecule is CCC(CCO)NCc1cccc(O)c1O. The monoisotopic (exact) mass is 225 g/mol. The summed E-state index contributed by atoms with van der Waals surface area (Å²) in [6, 6.07) is 5.13. The molecule has 90 valence electrons. The number of benzene rings is 1. The maximum absolute atomic E-state index is 9.57. The first kappa shape index (κ1) is 12.8. The second-order valence-electron chi connectivity index (χ2n) is 3.78. The Kier molecular flexibility index (Phi) is 5.08. The first-order chi connectivity index (χ1) is 7.69. The van der Waals surface area contributed by atoms with Gasteiger partial charge in [0.25, 0.3) is 0 Å². The van der Waals surface area contributed by atoms with E-state index in [1.165, 1.54) is 6.07 Å². The molecule has 1 atom stereocenters. The van der Waals surface area contributed by atoms with Gasteiger partial charge in [-0.2, -0.15) is 0 Å². The zero-order chi connectivity index (χ0) is 12.0. The van der Waals surface area contributed by atoms with Crippen molar-refractivity contribution in [2.24, 2.45) is 0 Å². The van der Waals surface area contributed by atoms with Crippen LogP contribution in [0.15, 0.2) is 18.2 Å². The number of phenols is 2. The lowest BCUT2D eigenvalue weighted by atomic mass is 10.1. The van der Waals surface area contributed by atoms with Crippen LogP contribution in [0.2, 0.25) is 0 Å². The van der Waals surface area contributed by atoms with Crippen molar-refractivity contribution in [3.8, 4) is 11.5 Å². The summed E-state index contributed by atoms with van der Waals surface area (Å²) in [6.45, 7) is 2.67. The lowest BCUT2D eigenvalue weighted by Crippen LogP contribution is -2.28. The number of hydrogen-bond acceptors (Lipinski definition) is 4. The van der Waals surface area contributed by atoms with Crippen LogP contribution in [0.3, 0.4) is 0 Å². The summed E-state index contributed by atoms with van der Waals surface area (Å²) < 4.78 is 0.